The van der Waals surface area contributed by atoms with Gasteiger partial charge in [0.2, 0.25) is 0 Å². The van der Waals surface area contributed by atoms with Gasteiger partial charge in [-0.3, -0.25) is 9.36 Å². The average Bonchev–Trinajstić information content (AvgIpc) is 3.48. The maximum Gasteiger partial charge on any atom is 0.0734 e. The molecular formula is C26H36N4. The summed E-state index contributed by atoms with van der Waals surface area (Å²) in [4.78, 5) is 0. The van der Waals surface area contributed by atoms with E-state index in [1.54, 1.807) is 0 Å². The summed E-state index contributed by atoms with van der Waals surface area (Å²) in [6.07, 6.45) is 5.63. The van der Waals surface area contributed by atoms with Crippen molar-refractivity contribution >= 4 is 21.8 Å². The van der Waals surface area contributed by atoms with Crippen molar-refractivity contribution < 1.29 is 0 Å². The molecule has 4 heteroatoms. The highest BCUT2D eigenvalue weighted by Gasteiger charge is 2.28. The first kappa shape index (κ1) is 22.1. The SMILES string of the molecule is CC.CC(C)c1ccc2c(c1)c(C1CC1)nn2C.CCc1ccc2c(cnn2C)c1. The van der Waals surface area contributed by atoms with Crippen molar-refractivity contribution in [3.8, 4) is 0 Å². The number of nitrogens with zero attached hydrogens (tertiary/aromatic N) is 4. The summed E-state index contributed by atoms with van der Waals surface area (Å²) in [7, 11) is 4.01. The van der Waals surface area contributed by atoms with Crippen molar-refractivity contribution in [2.75, 3.05) is 0 Å². The van der Waals surface area contributed by atoms with Gasteiger partial charge in [-0.1, -0.05) is 46.8 Å². The molecule has 1 aliphatic rings. The lowest BCUT2D eigenvalue weighted by molar-refractivity contribution is 0.767. The average molecular weight is 405 g/mol. The van der Waals surface area contributed by atoms with Crippen molar-refractivity contribution in [3.63, 3.8) is 0 Å². The van der Waals surface area contributed by atoms with Gasteiger partial charge < -0.3 is 0 Å². The third kappa shape index (κ3) is 4.58. The summed E-state index contributed by atoms with van der Waals surface area (Å²) in [5.41, 5.74) is 6.58. The van der Waals surface area contributed by atoms with Crippen molar-refractivity contribution in [2.45, 2.75) is 65.7 Å². The van der Waals surface area contributed by atoms with E-state index in [1.165, 1.54) is 51.5 Å². The van der Waals surface area contributed by atoms with Gasteiger partial charge >= 0.3 is 0 Å². The van der Waals surface area contributed by atoms with Crippen LogP contribution in [0, 0.1) is 0 Å². The Morgan fingerprint density at radius 1 is 0.967 bits per heavy atom. The third-order valence-corrected chi connectivity index (χ3v) is 5.75. The van der Waals surface area contributed by atoms with Gasteiger partial charge in [-0.2, -0.15) is 10.2 Å². The van der Waals surface area contributed by atoms with E-state index >= 15 is 0 Å². The first-order valence-corrected chi connectivity index (χ1v) is 11.3. The third-order valence-electron chi connectivity index (χ3n) is 5.75. The highest BCUT2D eigenvalue weighted by molar-refractivity contribution is 5.83. The molecule has 0 aliphatic heterocycles. The van der Waals surface area contributed by atoms with E-state index in [9.17, 15) is 0 Å². The Morgan fingerprint density at radius 3 is 2.30 bits per heavy atom. The van der Waals surface area contributed by atoms with Crippen molar-refractivity contribution in [3.05, 3.63) is 59.4 Å². The van der Waals surface area contributed by atoms with Crippen LogP contribution in [0.3, 0.4) is 0 Å². The van der Waals surface area contributed by atoms with Crippen molar-refractivity contribution in [2.24, 2.45) is 14.1 Å². The zero-order chi connectivity index (χ0) is 21.8. The molecule has 4 aromatic rings. The molecule has 0 radical (unpaired) electrons. The van der Waals surface area contributed by atoms with E-state index in [0.29, 0.717) is 5.92 Å². The Hall–Kier alpha value is -2.62. The predicted octanol–water partition coefficient (Wildman–Crippen LogP) is 6.74. The quantitative estimate of drug-likeness (QED) is 0.379. The number of fused-ring (bicyclic) bond motifs is 2. The number of aromatic nitrogens is 4. The van der Waals surface area contributed by atoms with Crippen molar-refractivity contribution in [1.29, 1.82) is 0 Å². The molecule has 2 aromatic heterocycles. The van der Waals surface area contributed by atoms with Crippen LogP contribution in [0.25, 0.3) is 21.8 Å². The second-order valence-corrected chi connectivity index (χ2v) is 8.23. The van der Waals surface area contributed by atoms with Gasteiger partial charge in [0.1, 0.15) is 0 Å². The second kappa shape index (κ2) is 9.46. The van der Waals surface area contributed by atoms with Gasteiger partial charge in [-0.15, -0.1) is 0 Å². The molecule has 0 N–H and O–H groups in total. The molecule has 5 rings (SSSR count). The summed E-state index contributed by atoms with van der Waals surface area (Å²) in [5.74, 6) is 1.32. The number of hydrogen-bond acceptors (Lipinski definition) is 2. The van der Waals surface area contributed by atoms with E-state index < -0.39 is 0 Å². The number of benzene rings is 2. The predicted molar refractivity (Wildman–Crippen MR) is 128 cm³/mol. The van der Waals surface area contributed by atoms with Crippen LogP contribution in [-0.2, 0) is 20.5 Å². The fraction of sp³-hybridized carbons (Fsp3) is 0.462. The van der Waals surface area contributed by atoms with Gasteiger partial charge in [0.15, 0.2) is 0 Å². The number of aryl methyl sites for hydroxylation is 3. The highest BCUT2D eigenvalue weighted by atomic mass is 15.3. The van der Waals surface area contributed by atoms with E-state index in [4.69, 9.17) is 0 Å². The molecule has 160 valence electrons. The standard InChI is InChI=1S/C14H18N2.C10H12N2.C2H6/c1-9(2)11-6-7-13-12(8-11)14(10-4-5-10)15-16(13)3;1-3-8-4-5-10-9(6-8)7-11-12(10)2;1-2/h6-10H,4-5H2,1-3H3;4-7H,3H2,1-2H3;1-2H3. The van der Waals surface area contributed by atoms with Crippen LogP contribution >= 0.6 is 0 Å². The smallest absolute Gasteiger partial charge is 0.0734 e. The molecular weight excluding hydrogens is 368 g/mol. The lowest BCUT2D eigenvalue weighted by Gasteiger charge is -2.05. The molecule has 1 aliphatic carbocycles. The van der Waals surface area contributed by atoms with Crippen LogP contribution in [0.2, 0.25) is 0 Å². The Labute approximate surface area is 180 Å². The van der Waals surface area contributed by atoms with E-state index in [2.05, 4.69) is 67.4 Å². The van der Waals surface area contributed by atoms with Crippen LogP contribution in [0.4, 0.5) is 0 Å². The van der Waals surface area contributed by atoms with E-state index in [0.717, 1.165) is 12.3 Å². The van der Waals surface area contributed by atoms with Gasteiger partial charge in [0.05, 0.1) is 22.9 Å². The molecule has 0 bridgehead atoms. The zero-order valence-electron chi connectivity index (χ0n) is 19.6. The Kier molecular flexibility index (Phi) is 6.96. The maximum atomic E-state index is 4.67. The molecule has 1 fully saturated rings. The monoisotopic (exact) mass is 404 g/mol. The first-order chi connectivity index (χ1) is 14.5. The Morgan fingerprint density at radius 2 is 1.67 bits per heavy atom. The summed E-state index contributed by atoms with van der Waals surface area (Å²) in [5, 5.41) is 11.5. The minimum absolute atomic E-state index is 0.594. The van der Waals surface area contributed by atoms with E-state index in [-0.39, 0.29) is 0 Å². The van der Waals surface area contributed by atoms with Gasteiger partial charge in [-0.05, 0) is 60.6 Å². The van der Waals surface area contributed by atoms with Crippen LogP contribution in [-0.4, -0.2) is 19.6 Å². The molecule has 2 aromatic carbocycles. The topological polar surface area (TPSA) is 35.6 Å². The highest BCUT2D eigenvalue weighted by Crippen LogP contribution is 2.42. The molecule has 1 saturated carbocycles. The molecule has 0 spiro atoms. The summed E-state index contributed by atoms with van der Waals surface area (Å²) < 4.78 is 3.92. The van der Waals surface area contributed by atoms with Gasteiger partial charge in [0.25, 0.3) is 0 Å². The zero-order valence-corrected chi connectivity index (χ0v) is 19.6. The fourth-order valence-electron chi connectivity index (χ4n) is 3.76. The second-order valence-electron chi connectivity index (χ2n) is 8.23. The van der Waals surface area contributed by atoms with Crippen LogP contribution in [0.1, 0.15) is 76.1 Å². The largest absolute Gasteiger partial charge is 0.268 e. The Bertz CT molecular complexity index is 1110. The minimum atomic E-state index is 0.594. The molecule has 0 amide bonds. The van der Waals surface area contributed by atoms with Crippen LogP contribution in [0.15, 0.2) is 42.6 Å². The lowest BCUT2D eigenvalue weighted by Crippen LogP contribution is -1.90. The van der Waals surface area contributed by atoms with Gasteiger partial charge in [-0.25, -0.2) is 0 Å². The van der Waals surface area contributed by atoms with Crippen molar-refractivity contribution in [1.82, 2.24) is 19.6 Å². The minimum Gasteiger partial charge on any atom is -0.268 e. The molecule has 0 unspecified atom stereocenters. The Balaban J connectivity index is 0.000000163. The molecule has 2 heterocycles. The fourth-order valence-corrected chi connectivity index (χ4v) is 3.76. The molecule has 0 saturated heterocycles. The lowest BCUT2D eigenvalue weighted by atomic mass is 10.0. The van der Waals surface area contributed by atoms with E-state index in [1.807, 2.05) is 43.5 Å². The molecule has 4 nitrogen and oxygen atoms in total. The summed E-state index contributed by atoms with van der Waals surface area (Å²) in [6.45, 7) is 10.7. The maximum absolute atomic E-state index is 4.67. The molecule has 0 atom stereocenters. The van der Waals surface area contributed by atoms with Gasteiger partial charge in [0, 0.05) is 30.8 Å². The number of hydrogen-bond donors (Lipinski definition) is 0. The number of rotatable bonds is 3. The molecule has 30 heavy (non-hydrogen) atoms. The van der Waals surface area contributed by atoms with Crippen LogP contribution < -0.4 is 0 Å². The summed E-state index contributed by atoms with van der Waals surface area (Å²) in [6, 6.07) is 13.3. The summed E-state index contributed by atoms with van der Waals surface area (Å²) >= 11 is 0. The first-order valence-electron chi connectivity index (χ1n) is 11.3. The van der Waals surface area contributed by atoms with Crippen LogP contribution in [0.5, 0.6) is 0 Å². The normalized spacial score (nSPS) is 13.2.